The fourth-order valence-electron chi connectivity index (χ4n) is 1.57. The summed E-state index contributed by atoms with van der Waals surface area (Å²) in [5.74, 6) is 0.898. The third-order valence-corrected chi connectivity index (χ3v) is 3.06. The Morgan fingerprint density at radius 2 is 2.00 bits per heavy atom. The van der Waals surface area contributed by atoms with Crippen molar-refractivity contribution in [3.05, 3.63) is 42.5 Å². The smallest absolute Gasteiger partial charge is 0.118 e. The molecule has 1 aromatic rings. The first kappa shape index (κ1) is 12.8. The van der Waals surface area contributed by atoms with Gasteiger partial charge < -0.3 is 9.84 Å². The second kappa shape index (κ2) is 5.17. The highest BCUT2D eigenvalue weighted by Crippen LogP contribution is 2.23. The van der Waals surface area contributed by atoms with E-state index >= 15 is 0 Å². The third kappa shape index (κ3) is 3.11. The molecular formula is C14H20O2. The highest BCUT2D eigenvalue weighted by atomic mass is 16.5. The molecule has 2 nitrogen and oxygen atoms in total. The number of methoxy groups -OCH3 is 1. The predicted molar refractivity (Wildman–Crippen MR) is 66.7 cm³/mol. The summed E-state index contributed by atoms with van der Waals surface area (Å²) in [7, 11) is 1.64. The average molecular weight is 220 g/mol. The molecule has 1 rings (SSSR count). The van der Waals surface area contributed by atoms with E-state index in [4.69, 9.17) is 4.74 Å². The molecule has 1 aromatic carbocycles. The second-order valence-electron chi connectivity index (χ2n) is 4.41. The monoisotopic (exact) mass is 220 g/mol. The molecule has 0 bridgehead atoms. The maximum Gasteiger partial charge on any atom is 0.118 e. The van der Waals surface area contributed by atoms with Crippen molar-refractivity contribution in [2.75, 3.05) is 7.11 Å². The van der Waals surface area contributed by atoms with E-state index in [1.807, 2.05) is 38.1 Å². The molecule has 0 heterocycles. The summed E-state index contributed by atoms with van der Waals surface area (Å²) in [5.41, 5.74) is 0.343. The van der Waals surface area contributed by atoms with Gasteiger partial charge in [0.2, 0.25) is 0 Å². The van der Waals surface area contributed by atoms with Gasteiger partial charge in [-0.05, 0) is 24.6 Å². The Bertz CT molecular complexity index is 338. The Hall–Kier alpha value is -1.28. The Labute approximate surface area is 97.6 Å². The van der Waals surface area contributed by atoms with E-state index in [2.05, 4.69) is 6.58 Å². The molecule has 1 N–H and O–H groups in total. The van der Waals surface area contributed by atoms with Crippen molar-refractivity contribution >= 4 is 0 Å². The number of ether oxygens (including phenoxy) is 1. The molecule has 0 aromatic heterocycles. The zero-order valence-electron chi connectivity index (χ0n) is 10.2. The van der Waals surface area contributed by atoms with Crippen molar-refractivity contribution < 1.29 is 9.84 Å². The zero-order valence-corrected chi connectivity index (χ0v) is 10.2. The molecule has 0 aliphatic heterocycles. The lowest BCUT2D eigenvalue weighted by atomic mass is 9.85. The molecule has 0 aliphatic rings. The first-order chi connectivity index (χ1) is 7.49. The van der Waals surface area contributed by atoms with E-state index in [9.17, 15) is 5.11 Å². The van der Waals surface area contributed by atoms with Crippen LogP contribution < -0.4 is 4.74 Å². The minimum atomic E-state index is -0.754. The van der Waals surface area contributed by atoms with Crippen LogP contribution in [0.25, 0.3) is 0 Å². The van der Waals surface area contributed by atoms with Gasteiger partial charge in [0.1, 0.15) is 5.75 Å². The van der Waals surface area contributed by atoms with Gasteiger partial charge in [0, 0.05) is 12.3 Å². The summed E-state index contributed by atoms with van der Waals surface area (Å²) in [6.45, 7) is 7.52. The summed E-state index contributed by atoms with van der Waals surface area (Å²) in [4.78, 5) is 0. The number of hydrogen-bond acceptors (Lipinski definition) is 2. The van der Waals surface area contributed by atoms with Gasteiger partial charge in [0.15, 0.2) is 0 Å². The van der Waals surface area contributed by atoms with E-state index in [0.717, 1.165) is 11.3 Å². The minimum Gasteiger partial charge on any atom is -0.497 e. The van der Waals surface area contributed by atoms with Crippen LogP contribution in [-0.4, -0.2) is 17.8 Å². The number of aliphatic hydroxyl groups is 1. The van der Waals surface area contributed by atoms with Crippen LogP contribution in [0.1, 0.15) is 19.4 Å². The van der Waals surface area contributed by atoms with Crippen molar-refractivity contribution in [2.24, 2.45) is 5.92 Å². The molecule has 0 saturated heterocycles. The summed E-state index contributed by atoms with van der Waals surface area (Å²) >= 11 is 0. The summed E-state index contributed by atoms with van der Waals surface area (Å²) in [6.07, 6.45) is 2.40. The molecule has 0 amide bonds. The van der Waals surface area contributed by atoms with Crippen LogP contribution in [0.3, 0.4) is 0 Å². The van der Waals surface area contributed by atoms with Crippen molar-refractivity contribution in [2.45, 2.75) is 25.9 Å². The van der Waals surface area contributed by atoms with Crippen LogP contribution in [0.4, 0.5) is 0 Å². The van der Waals surface area contributed by atoms with Crippen LogP contribution in [0.2, 0.25) is 0 Å². The maximum absolute atomic E-state index is 10.3. The van der Waals surface area contributed by atoms with Crippen LogP contribution in [-0.2, 0) is 6.42 Å². The van der Waals surface area contributed by atoms with Crippen LogP contribution in [0, 0.1) is 5.92 Å². The minimum absolute atomic E-state index is 0.0644. The van der Waals surface area contributed by atoms with E-state index < -0.39 is 5.60 Å². The lowest BCUT2D eigenvalue weighted by molar-refractivity contribution is 0.0250. The van der Waals surface area contributed by atoms with Gasteiger partial charge in [-0.2, -0.15) is 0 Å². The molecule has 16 heavy (non-hydrogen) atoms. The van der Waals surface area contributed by atoms with Crippen LogP contribution in [0.5, 0.6) is 5.75 Å². The topological polar surface area (TPSA) is 29.5 Å². The zero-order chi connectivity index (χ0) is 12.2. The van der Waals surface area contributed by atoms with Gasteiger partial charge in [0.05, 0.1) is 12.7 Å². The molecule has 88 valence electrons. The van der Waals surface area contributed by atoms with Crippen LogP contribution in [0.15, 0.2) is 36.9 Å². The fourth-order valence-corrected chi connectivity index (χ4v) is 1.57. The van der Waals surface area contributed by atoms with Crippen molar-refractivity contribution in [3.8, 4) is 5.75 Å². The molecular weight excluding hydrogens is 200 g/mol. The molecule has 2 atom stereocenters. The summed E-state index contributed by atoms with van der Waals surface area (Å²) in [6, 6.07) is 7.76. The molecule has 0 saturated carbocycles. The molecule has 0 aliphatic carbocycles. The molecule has 2 unspecified atom stereocenters. The highest BCUT2D eigenvalue weighted by molar-refractivity contribution is 5.28. The average Bonchev–Trinajstić information content (AvgIpc) is 2.28. The lowest BCUT2D eigenvalue weighted by Crippen LogP contribution is -2.34. The third-order valence-electron chi connectivity index (χ3n) is 3.06. The number of rotatable bonds is 5. The van der Waals surface area contributed by atoms with Gasteiger partial charge in [-0.1, -0.05) is 25.1 Å². The number of hydrogen-bond donors (Lipinski definition) is 1. The standard InChI is InChI=1S/C14H20O2/c1-5-11(2)14(3,15)10-12-6-8-13(16-4)9-7-12/h5-9,11,15H,1,10H2,2-4H3. The lowest BCUT2D eigenvalue weighted by Gasteiger charge is -2.28. The highest BCUT2D eigenvalue weighted by Gasteiger charge is 2.26. The van der Waals surface area contributed by atoms with Gasteiger partial charge in [-0.25, -0.2) is 0 Å². The fraction of sp³-hybridized carbons (Fsp3) is 0.429. The Morgan fingerprint density at radius 3 is 2.44 bits per heavy atom. The quantitative estimate of drug-likeness (QED) is 0.773. The van der Waals surface area contributed by atoms with Gasteiger partial charge >= 0.3 is 0 Å². The summed E-state index contributed by atoms with van der Waals surface area (Å²) < 4.78 is 5.09. The van der Waals surface area contributed by atoms with E-state index in [-0.39, 0.29) is 5.92 Å². The molecule has 0 radical (unpaired) electrons. The van der Waals surface area contributed by atoms with E-state index in [1.165, 1.54) is 0 Å². The van der Waals surface area contributed by atoms with Crippen LogP contribution >= 0.6 is 0 Å². The van der Waals surface area contributed by atoms with Crippen molar-refractivity contribution in [1.29, 1.82) is 0 Å². The van der Waals surface area contributed by atoms with Crippen molar-refractivity contribution in [1.82, 2.24) is 0 Å². The van der Waals surface area contributed by atoms with E-state index in [1.54, 1.807) is 13.2 Å². The Kier molecular flexibility index (Phi) is 4.13. The first-order valence-corrected chi connectivity index (χ1v) is 5.47. The summed E-state index contributed by atoms with van der Waals surface area (Å²) in [5, 5.41) is 10.3. The van der Waals surface area contributed by atoms with Gasteiger partial charge in [0.25, 0.3) is 0 Å². The first-order valence-electron chi connectivity index (χ1n) is 5.47. The Balaban J connectivity index is 2.75. The van der Waals surface area contributed by atoms with Crippen molar-refractivity contribution in [3.63, 3.8) is 0 Å². The number of benzene rings is 1. The van der Waals surface area contributed by atoms with Gasteiger partial charge in [-0.15, -0.1) is 6.58 Å². The largest absolute Gasteiger partial charge is 0.497 e. The molecule has 0 spiro atoms. The molecule has 0 fully saturated rings. The Morgan fingerprint density at radius 1 is 1.44 bits per heavy atom. The molecule has 2 heteroatoms. The normalized spacial score (nSPS) is 16.2. The SMILES string of the molecule is C=CC(C)C(C)(O)Cc1ccc(OC)cc1. The predicted octanol–water partition coefficient (Wildman–Crippen LogP) is 2.81. The second-order valence-corrected chi connectivity index (χ2v) is 4.41. The van der Waals surface area contributed by atoms with Gasteiger partial charge in [-0.3, -0.25) is 0 Å². The maximum atomic E-state index is 10.3. The van der Waals surface area contributed by atoms with E-state index in [0.29, 0.717) is 6.42 Å².